The van der Waals surface area contributed by atoms with Gasteiger partial charge in [0.25, 0.3) is 0 Å². The zero-order valence-corrected chi connectivity index (χ0v) is 17.7. The Bertz CT molecular complexity index is 1120. The van der Waals surface area contributed by atoms with Crippen molar-refractivity contribution in [1.82, 2.24) is 5.32 Å². The fourth-order valence-corrected chi connectivity index (χ4v) is 4.78. The number of amides is 1. The molecule has 0 aliphatic rings. The van der Waals surface area contributed by atoms with E-state index < -0.39 is 16.1 Å². The molecule has 6 heteroatoms. The molecule has 0 unspecified atom stereocenters. The summed E-state index contributed by atoms with van der Waals surface area (Å²) in [7, 11) is -3.64. The van der Waals surface area contributed by atoms with Crippen molar-refractivity contribution >= 4 is 32.4 Å². The number of anilines is 1. The number of carbonyl (C=O) groups excluding carboxylic acids is 1. The quantitative estimate of drug-likeness (QED) is 0.640. The fourth-order valence-electron chi connectivity index (χ4n) is 3.57. The molecule has 3 aromatic rings. The Balaban J connectivity index is 1.86. The first-order chi connectivity index (χ1) is 13.8. The van der Waals surface area contributed by atoms with Crippen molar-refractivity contribution in [3.63, 3.8) is 0 Å². The summed E-state index contributed by atoms with van der Waals surface area (Å²) >= 11 is 0. The number of nitrogens with one attached hydrogen (secondary N) is 1. The minimum absolute atomic E-state index is 0.313. The van der Waals surface area contributed by atoms with Crippen LogP contribution >= 0.6 is 0 Å². The number of nitrogens with zero attached hydrogens (tertiary/aromatic N) is 1. The standard InChI is InChI=1S/C23H26N2O3S/c1-4-22(25(29(3,27)28)20-13-7-9-17(2)15-20)23(26)24-16-19-12-8-11-18-10-5-6-14-21(18)19/h5-15,22H,4,16H2,1-3H3,(H,24,26)/t22-/m1/s1. The van der Waals surface area contributed by atoms with E-state index >= 15 is 0 Å². The molecular weight excluding hydrogens is 384 g/mol. The lowest BCUT2D eigenvalue weighted by Gasteiger charge is -2.30. The Labute approximate surface area is 172 Å². The minimum Gasteiger partial charge on any atom is -0.350 e. The van der Waals surface area contributed by atoms with Gasteiger partial charge >= 0.3 is 0 Å². The molecule has 0 bridgehead atoms. The van der Waals surface area contributed by atoms with E-state index in [1.807, 2.05) is 62.4 Å². The highest BCUT2D eigenvalue weighted by atomic mass is 32.2. The molecule has 152 valence electrons. The molecule has 0 spiro atoms. The summed E-state index contributed by atoms with van der Waals surface area (Å²) in [5.41, 5.74) is 2.43. The van der Waals surface area contributed by atoms with E-state index in [2.05, 4.69) is 5.32 Å². The number of carbonyl (C=O) groups is 1. The first-order valence-corrected chi connectivity index (χ1v) is 11.5. The van der Waals surface area contributed by atoms with Crippen molar-refractivity contribution in [2.75, 3.05) is 10.6 Å². The number of rotatable bonds is 7. The second-order valence-corrected chi connectivity index (χ2v) is 9.04. The van der Waals surface area contributed by atoms with Gasteiger partial charge in [-0.25, -0.2) is 8.42 Å². The van der Waals surface area contributed by atoms with Gasteiger partial charge in [-0.3, -0.25) is 9.10 Å². The van der Waals surface area contributed by atoms with Crippen molar-refractivity contribution in [2.45, 2.75) is 32.9 Å². The summed E-state index contributed by atoms with van der Waals surface area (Å²) in [5.74, 6) is -0.313. The Hall–Kier alpha value is -2.86. The Morgan fingerprint density at radius 1 is 1.03 bits per heavy atom. The fraction of sp³-hybridized carbons (Fsp3) is 0.261. The van der Waals surface area contributed by atoms with Gasteiger partial charge < -0.3 is 5.32 Å². The molecule has 5 nitrogen and oxygen atoms in total. The normalized spacial score (nSPS) is 12.5. The molecule has 29 heavy (non-hydrogen) atoms. The van der Waals surface area contributed by atoms with Gasteiger partial charge in [0.1, 0.15) is 6.04 Å². The van der Waals surface area contributed by atoms with Crippen LogP contribution in [0.2, 0.25) is 0 Å². The summed E-state index contributed by atoms with van der Waals surface area (Å²) in [5, 5.41) is 5.11. The highest BCUT2D eigenvalue weighted by Gasteiger charge is 2.31. The maximum absolute atomic E-state index is 13.0. The Kier molecular flexibility index (Phi) is 6.23. The Morgan fingerprint density at radius 2 is 1.72 bits per heavy atom. The van der Waals surface area contributed by atoms with E-state index in [1.54, 1.807) is 18.2 Å². The monoisotopic (exact) mass is 410 g/mol. The molecule has 0 fully saturated rings. The van der Waals surface area contributed by atoms with Crippen molar-refractivity contribution < 1.29 is 13.2 Å². The number of aryl methyl sites for hydroxylation is 1. The first kappa shape index (κ1) is 20.9. The average Bonchev–Trinajstić information content (AvgIpc) is 2.69. The summed E-state index contributed by atoms with van der Waals surface area (Å²) in [6.45, 7) is 4.05. The van der Waals surface area contributed by atoms with Crippen LogP contribution in [0.1, 0.15) is 24.5 Å². The topological polar surface area (TPSA) is 66.5 Å². The van der Waals surface area contributed by atoms with E-state index in [0.717, 1.165) is 28.2 Å². The Morgan fingerprint density at radius 3 is 2.41 bits per heavy atom. The van der Waals surface area contributed by atoms with Gasteiger partial charge in [0.05, 0.1) is 11.9 Å². The molecule has 0 aliphatic carbocycles. The molecule has 0 aliphatic heterocycles. The minimum atomic E-state index is -3.64. The predicted octanol–water partition coefficient (Wildman–Crippen LogP) is 4.01. The number of sulfonamides is 1. The summed E-state index contributed by atoms with van der Waals surface area (Å²) in [6.07, 6.45) is 1.50. The molecule has 3 rings (SSSR count). The molecule has 0 radical (unpaired) electrons. The van der Waals surface area contributed by atoms with Gasteiger partial charge in [0.2, 0.25) is 15.9 Å². The first-order valence-electron chi connectivity index (χ1n) is 9.61. The van der Waals surface area contributed by atoms with Crippen LogP contribution in [0.25, 0.3) is 10.8 Å². The third kappa shape index (κ3) is 4.77. The molecule has 1 atom stereocenters. The van der Waals surface area contributed by atoms with Crippen LogP contribution in [0.15, 0.2) is 66.7 Å². The smallest absolute Gasteiger partial charge is 0.244 e. The van der Waals surface area contributed by atoms with E-state index in [-0.39, 0.29) is 5.91 Å². The van der Waals surface area contributed by atoms with Crippen molar-refractivity contribution in [3.8, 4) is 0 Å². The molecule has 0 saturated carbocycles. The van der Waals surface area contributed by atoms with Gasteiger partial charge in [-0.2, -0.15) is 0 Å². The van der Waals surface area contributed by atoms with Gasteiger partial charge in [-0.05, 0) is 47.4 Å². The van der Waals surface area contributed by atoms with E-state index in [0.29, 0.717) is 18.7 Å². The second kappa shape index (κ2) is 8.66. The zero-order valence-electron chi connectivity index (χ0n) is 16.9. The number of hydrogen-bond acceptors (Lipinski definition) is 3. The molecular formula is C23H26N2O3S. The van der Waals surface area contributed by atoms with Crippen LogP contribution in [0, 0.1) is 6.92 Å². The van der Waals surface area contributed by atoms with Crippen LogP contribution in [0.3, 0.4) is 0 Å². The van der Waals surface area contributed by atoms with E-state index in [1.165, 1.54) is 4.31 Å². The predicted molar refractivity (Wildman–Crippen MR) is 118 cm³/mol. The molecule has 1 amide bonds. The maximum atomic E-state index is 13.0. The average molecular weight is 411 g/mol. The van der Waals surface area contributed by atoms with Crippen molar-refractivity contribution in [2.24, 2.45) is 0 Å². The third-order valence-electron chi connectivity index (χ3n) is 4.92. The molecule has 0 heterocycles. The zero-order chi connectivity index (χ0) is 21.0. The second-order valence-electron chi connectivity index (χ2n) is 7.18. The number of hydrogen-bond donors (Lipinski definition) is 1. The van der Waals surface area contributed by atoms with Crippen LogP contribution in [-0.2, 0) is 21.4 Å². The molecule has 1 N–H and O–H groups in total. The van der Waals surface area contributed by atoms with E-state index in [4.69, 9.17) is 0 Å². The largest absolute Gasteiger partial charge is 0.350 e. The number of fused-ring (bicyclic) bond motifs is 1. The van der Waals surface area contributed by atoms with Crippen LogP contribution in [0.4, 0.5) is 5.69 Å². The van der Waals surface area contributed by atoms with Gasteiger partial charge in [-0.1, -0.05) is 61.5 Å². The maximum Gasteiger partial charge on any atom is 0.244 e. The molecule has 3 aromatic carbocycles. The number of benzene rings is 3. The lowest BCUT2D eigenvalue weighted by Crippen LogP contribution is -2.49. The van der Waals surface area contributed by atoms with Crippen molar-refractivity contribution in [1.29, 1.82) is 0 Å². The highest BCUT2D eigenvalue weighted by Crippen LogP contribution is 2.24. The molecule has 0 saturated heterocycles. The lowest BCUT2D eigenvalue weighted by atomic mass is 10.0. The highest BCUT2D eigenvalue weighted by molar-refractivity contribution is 7.92. The van der Waals surface area contributed by atoms with Gasteiger partial charge in [0.15, 0.2) is 0 Å². The lowest BCUT2D eigenvalue weighted by molar-refractivity contribution is -0.122. The van der Waals surface area contributed by atoms with Crippen LogP contribution < -0.4 is 9.62 Å². The van der Waals surface area contributed by atoms with Crippen LogP contribution in [0.5, 0.6) is 0 Å². The summed E-state index contributed by atoms with van der Waals surface area (Å²) in [4.78, 5) is 13.0. The van der Waals surface area contributed by atoms with Crippen LogP contribution in [-0.4, -0.2) is 26.6 Å². The molecule has 0 aromatic heterocycles. The SMILES string of the molecule is CC[C@H](C(=O)NCc1cccc2ccccc12)N(c1cccc(C)c1)S(C)(=O)=O. The van der Waals surface area contributed by atoms with E-state index in [9.17, 15) is 13.2 Å². The van der Waals surface area contributed by atoms with Crippen molar-refractivity contribution in [3.05, 3.63) is 77.9 Å². The summed E-state index contributed by atoms with van der Waals surface area (Å²) < 4.78 is 26.3. The summed E-state index contributed by atoms with van der Waals surface area (Å²) in [6, 6.07) is 20.3. The van der Waals surface area contributed by atoms with Gasteiger partial charge in [0, 0.05) is 6.54 Å². The third-order valence-corrected chi connectivity index (χ3v) is 6.10. The van der Waals surface area contributed by atoms with Gasteiger partial charge in [-0.15, -0.1) is 0 Å².